The van der Waals surface area contributed by atoms with Crippen LogP contribution in [0, 0.1) is 5.41 Å². The van der Waals surface area contributed by atoms with E-state index >= 15 is 0 Å². The molecule has 1 aromatic heterocycles. The van der Waals surface area contributed by atoms with Gasteiger partial charge in [-0.3, -0.25) is 9.59 Å². The van der Waals surface area contributed by atoms with Crippen LogP contribution in [0.4, 0.5) is 4.79 Å². The Bertz CT molecular complexity index is 1060. The third kappa shape index (κ3) is 6.05. The molecular formula is C26H32N4O6. The highest BCUT2D eigenvalue weighted by Gasteiger charge is 2.43. The molecule has 2 aliphatic rings. The summed E-state index contributed by atoms with van der Waals surface area (Å²) in [4.78, 5) is 53.4. The Balaban J connectivity index is 1.25. The molecular weight excluding hydrogens is 464 g/mol. The Morgan fingerprint density at radius 1 is 1.00 bits per heavy atom. The molecule has 2 fully saturated rings. The summed E-state index contributed by atoms with van der Waals surface area (Å²) in [5.41, 5.74) is 0.884. The third-order valence-corrected chi connectivity index (χ3v) is 7.11. The smallest absolute Gasteiger partial charge is 0.328 e. The molecule has 2 aliphatic heterocycles. The third-order valence-electron chi connectivity index (χ3n) is 7.11. The second-order valence-electron chi connectivity index (χ2n) is 9.43. The van der Waals surface area contributed by atoms with Gasteiger partial charge in [0.1, 0.15) is 6.04 Å². The van der Waals surface area contributed by atoms with E-state index in [0.717, 1.165) is 24.8 Å². The van der Waals surface area contributed by atoms with Crippen molar-refractivity contribution in [3.63, 3.8) is 0 Å². The highest BCUT2D eigenvalue weighted by atomic mass is 16.5. The normalized spacial score (nSPS) is 17.5. The van der Waals surface area contributed by atoms with Crippen LogP contribution in [-0.4, -0.2) is 79.5 Å². The van der Waals surface area contributed by atoms with E-state index < -0.39 is 17.9 Å². The van der Waals surface area contributed by atoms with Crippen molar-refractivity contribution in [2.75, 3.05) is 39.8 Å². The van der Waals surface area contributed by atoms with Crippen LogP contribution in [0.5, 0.6) is 0 Å². The maximum atomic E-state index is 13.0. The summed E-state index contributed by atoms with van der Waals surface area (Å²) in [7, 11) is 1.31. The number of ether oxygens (including phenoxy) is 1. The van der Waals surface area contributed by atoms with Crippen molar-refractivity contribution in [1.29, 1.82) is 0 Å². The summed E-state index contributed by atoms with van der Waals surface area (Å²) in [6, 6.07) is 11.6. The molecule has 0 unspecified atom stereocenters. The molecule has 1 aromatic carbocycles. The largest absolute Gasteiger partial charge is 0.467 e. The lowest BCUT2D eigenvalue weighted by molar-refractivity contribution is -0.142. The molecule has 2 N–H and O–H groups in total. The lowest BCUT2D eigenvalue weighted by Gasteiger charge is -2.39. The summed E-state index contributed by atoms with van der Waals surface area (Å²) in [5, 5.41) is 5.44. The zero-order valence-electron chi connectivity index (χ0n) is 20.4. The fraction of sp³-hybridized carbons (Fsp3) is 0.462. The number of carbonyl (C=O) groups is 4. The average molecular weight is 497 g/mol. The van der Waals surface area contributed by atoms with Crippen molar-refractivity contribution in [1.82, 2.24) is 20.4 Å². The average Bonchev–Trinajstić information content (AvgIpc) is 3.58. The highest BCUT2D eigenvalue weighted by Crippen LogP contribution is 2.40. The van der Waals surface area contributed by atoms with Crippen LogP contribution in [-0.2, 0) is 20.7 Å². The van der Waals surface area contributed by atoms with Crippen LogP contribution in [0.3, 0.4) is 0 Å². The first kappa shape index (κ1) is 25.3. The first-order valence-electron chi connectivity index (χ1n) is 12.2. The number of piperidine rings is 1. The van der Waals surface area contributed by atoms with E-state index in [4.69, 9.17) is 9.15 Å². The molecule has 10 heteroatoms. The van der Waals surface area contributed by atoms with Crippen LogP contribution in [0.15, 0.2) is 53.1 Å². The maximum absolute atomic E-state index is 13.0. The Morgan fingerprint density at radius 2 is 1.69 bits per heavy atom. The number of hydrogen-bond donors (Lipinski definition) is 2. The number of furan rings is 1. The van der Waals surface area contributed by atoms with Gasteiger partial charge in [0.15, 0.2) is 5.76 Å². The van der Waals surface area contributed by atoms with Crippen LogP contribution < -0.4 is 10.6 Å². The van der Waals surface area contributed by atoms with Crippen LogP contribution >= 0.6 is 0 Å². The zero-order chi connectivity index (χ0) is 25.5. The molecule has 0 saturated carbocycles. The molecule has 36 heavy (non-hydrogen) atoms. The second-order valence-corrected chi connectivity index (χ2v) is 9.43. The molecule has 2 saturated heterocycles. The molecule has 4 rings (SSSR count). The Hall–Kier alpha value is -3.82. The quantitative estimate of drug-likeness (QED) is 0.564. The van der Waals surface area contributed by atoms with E-state index in [1.165, 1.54) is 13.4 Å². The number of esters is 1. The van der Waals surface area contributed by atoms with Gasteiger partial charge in [-0.25, -0.2) is 9.59 Å². The number of benzene rings is 1. The molecule has 0 aliphatic carbocycles. The summed E-state index contributed by atoms with van der Waals surface area (Å²) in [6.45, 7) is 2.23. The van der Waals surface area contributed by atoms with Gasteiger partial charge in [-0.2, -0.15) is 0 Å². The van der Waals surface area contributed by atoms with Gasteiger partial charge in [0.05, 0.1) is 19.9 Å². The number of nitrogens with zero attached hydrogens (tertiary/aromatic N) is 2. The first-order chi connectivity index (χ1) is 17.4. The summed E-state index contributed by atoms with van der Waals surface area (Å²) in [6.07, 6.45) is 4.16. The molecule has 1 atom stereocenters. The van der Waals surface area contributed by atoms with E-state index in [2.05, 4.69) is 10.6 Å². The highest BCUT2D eigenvalue weighted by molar-refractivity contribution is 5.94. The zero-order valence-corrected chi connectivity index (χ0v) is 20.4. The van der Waals surface area contributed by atoms with Crippen molar-refractivity contribution in [3.8, 4) is 0 Å². The van der Waals surface area contributed by atoms with Gasteiger partial charge in [0.25, 0.3) is 5.91 Å². The van der Waals surface area contributed by atoms with Gasteiger partial charge < -0.3 is 29.6 Å². The minimum absolute atomic E-state index is 0.0499. The maximum Gasteiger partial charge on any atom is 0.328 e. The van der Waals surface area contributed by atoms with Crippen molar-refractivity contribution in [2.45, 2.75) is 31.7 Å². The standard InChI is InChI=1S/C26H32N4O6/c1-35-24(33)20(16-19-6-3-2-4-7-19)28-25(34)30-14-11-26(18-30)9-12-29(13-10-26)22(31)17-27-23(32)21-8-5-15-36-21/h2-8,15,20H,9-14,16-18H2,1H3,(H,27,32)(H,28,34)/t20-/m0/s1. The molecule has 3 heterocycles. The van der Waals surface area contributed by atoms with Gasteiger partial charge in [0, 0.05) is 32.6 Å². The van der Waals surface area contributed by atoms with Crippen LogP contribution in [0.2, 0.25) is 0 Å². The summed E-state index contributed by atoms with van der Waals surface area (Å²) < 4.78 is 9.95. The molecule has 10 nitrogen and oxygen atoms in total. The number of methoxy groups -OCH3 is 1. The lowest BCUT2D eigenvalue weighted by Crippen LogP contribution is -2.50. The Morgan fingerprint density at radius 3 is 2.33 bits per heavy atom. The van der Waals surface area contributed by atoms with Crippen LogP contribution in [0.25, 0.3) is 0 Å². The lowest BCUT2D eigenvalue weighted by atomic mass is 9.78. The van der Waals surface area contributed by atoms with Gasteiger partial charge in [-0.05, 0) is 42.4 Å². The van der Waals surface area contributed by atoms with E-state index in [0.29, 0.717) is 32.6 Å². The van der Waals surface area contributed by atoms with Crippen molar-refractivity contribution >= 4 is 23.8 Å². The number of urea groups is 1. The predicted molar refractivity (Wildman–Crippen MR) is 130 cm³/mol. The summed E-state index contributed by atoms with van der Waals surface area (Å²) in [5.74, 6) is -0.869. The van der Waals surface area contributed by atoms with E-state index in [9.17, 15) is 19.2 Å². The fourth-order valence-electron chi connectivity index (χ4n) is 4.94. The first-order valence-corrected chi connectivity index (χ1v) is 12.2. The number of likely N-dealkylation sites (tertiary alicyclic amines) is 2. The van der Waals surface area contributed by atoms with Crippen molar-refractivity contribution in [2.24, 2.45) is 5.41 Å². The second kappa shape index (κ2) is 11.3. The van der Waals surface area contributed by atoms with E-state index in [1.54, 1.807) is 21.9 Å². The minimum Gasteiger partial charge on any atom is -0.467 e. The summed E-state index contributed by atoms with van der Waals surface area (Å²) >= 11 is 0. The van der Waals surface area contributed by atoms with Crippen molar-refractivity contribution < 1.29 is 28.3 Å². The molecule has 1 spiro atoms. The van der Waals surface area contributed by atoms with Gasteiger partial charge in [0.2, 0.25) is 5.91 Å². The molecule has 0 radical (unpaired) electrons. The van der Waals surface area contributed by atoms with E-state index in [-0.39, 0.29) is 29.7 Å². The fourth-order valence-corrected chi connectivity index (χ4v) is 4.94. The number of carbonyl (C=O) groups excluding carboxylic acids is 4. The number of hydrogen-bond acceptors (Lipinski definition) is 6. The molecule has 4 amide bonds. The molecule has 0 bridgehead atoms. The number of nitrogens with one attached hydrogen (secondary N) is 2. The number of amides is 4. The Kier molecular flexibility index (Phi) is 7.92. The van der Waals surface area contributed by atoms with Gasteiger partial charge in [-0.1, -0.05) is 30.3 Å². The van der Waals surface area contributed by atoms with Gasteiger partial charge in [-0.15, -0.1) is 0 Å². The van der Waals surface area contributed by atoms with Crippen molar-refractivity contribution in [3.05, 3.63) is 60.1 Å². The van der Waals surface area contributed by atoms with Gasteiger partial charge >= 0.3 is 12.0 Å². The molecule has 2 aromatic rings. The van der Waals surface area contributed by atoms with Crippen LogP contribution in [0.1, 0.15) is 35.4 Å². The molecule has 192 valence electrons. The monoisotopic (exact) mass is 496 g/mol. The predicted octanol–water partition coefficient (Wildman–Crippen LogP) is 1.82. The number of rotatable bonds is 7. The SMILES string of the molecule is COC(=O)[C@H](Cc1ccccc1)NC(=O)N1CCC2(CCN(C(=O)CNC(=O)c3ccco3)CC2)C1. The Labute approximate surface area is 209 Å². The topological polar surface area (TPSA) is 121 Å². The van der Waals surface area contributed by atoms with E-state index in [1.807, 2.05) is 30.3 Å². The minimum atomic E-state index is -0.766.